The third kappa shape index (κ3) is 2.09. The first-order chi connectivity index (χ1) is 7.07. The van der Waals surface area contributed by atoms with Gasteiger partial charge in [0, 0.05) is 29.7 Å². The van der Waals surface area contributed by atoms with Crippen LogP contribution >= 0.6 is 0 Å². The summed E-state index contributed by atoms with van der Waals surface area (Å²) >= 11 is 0. The van der Waals surface area contributed by atoms with E-state index in [1.54, 1.807) is 0 Å². The van der Waals surface area contributed by atoms with Crippen molar-refractivity contribution in [3.05, 3.63) is 42.9 Å². The molecule has 0 saturated carbocycles. The third-order valence-electron chi connectivity index (χ3n) is 2.43. The first kappa shape index (κ1) is 9.97. The van der Waals surface area contributed by atoms with E-state index in [-0.39, 0.29) is 5.54 Å². The Morgan fingerprint density at radius 1 is 1.13 bits per heavy atom. The maximum absolute atomic E-state index is 4.33. The smallest absolute Gasteiger partial charge is 0.0717 e. The molecule has 78 valence electrons. The first-order valence-electron chi connectivity index (χ1n) is 5.17. The molecular weight excluding hydrogens is 184 g/mol. The lowest BCUT2D eigenvalue weighted by molar-refractivity contribution is 0.398. The van der Waals surface area contributed by atoms with Crippen LogP contribution in [-0.4, -0.2) is 9.55 Å². The number of hydrogen-bond acceptors (Lipinski definition) is 1. The van der Waals surface area contributed by atoms with Gasteiger partial charge in [-0.25, -0.2) is 0 Å². The van der Waals surface area contributed by atoms with Gasteiger partial charge in [0.1, 0.15) is 0 Å². The van der Waals surface area contributed by atoms with Crippen molar-refractivity contribution in [3.8, 4) is 11.3 Å². The topological polar surface area (TPSA) is 17.8 Å². The molecule has 0 radical (unpaired) electrons. The zero-order valence-corrected chi connectivity index (χ0v) is 9.44. The van der Waals surface area contributed by atoms with Crippen LogP contribution in [0.15, 0.2) is 42.9 Å². The van der Waals surface area contributed by atoms with Crippen LogP contribution in [0.5, 0.6) is 0 Å². The van der Waals surface area contributed by atoms with Gasteiger partial charge in [0.25, 0.3) is 0 Å². The summed E-state index contributed by atoms with van der Waals surface area (Å²) in [5, 5.41) is 0. The molecule has 2 nitrogen and oxygen atoms in total. The summed E-state index contributed by atoms with van der Waals surface area (Å²) < 4.78 is 2.21. The van der Waals surface area contributed by atoms with E-state index in [9.17, 15) is 0 Å². The number of rotatable bonds is 1. The predicted octanol–water partition coefficient (Wildman–Crippen LogP) is 3.31. The van der Waals surface area contributed by atoms with E-state index in [4.69, 9.17) is 0 Å². The van der Waals surface area contributed by atoms with Gasteiger partial charge in [0.15, 0.2) is 0 Å². The average molecular weight is 200 g/mol. The molecule has 0 spiro atoms. The highest BCUT2D eigenvalue weighted by Gasteiger charge is 2.12. The summed E-state index contributed by atoms with van der Waals surface area (Å²) in [5.41, 5.74) is 2.33. The van der Waals surface area contributed by atoms with Gasteiger partial charge in [-0.3, -0.25) is 4.98 Å². The molecule has 0 aromatic carbocycles. The van der Waals surface area contributed by atoms with Crippen molar-refractivity contribution < 1.29 is 0 Å². The molecule has 0 bridgehead atoms. The summed E-state index contributed by atoms with van der Waals surface area (Å²) in [5.74, 6) is 0. The van der Waals surface area contributed by atoms with Crippen LogP contribution in [-0.2, 0) is 5.54 Å². The molecule has 15 heavy (non-hydrogen) atoms. The Hall–Kier alpha value is -1.57. The molecule has 0 aliphatic carbocycles. The second kappa shape index (κ2) is 3.54. The fourth-order valence-corrected chi connectivity index (χ4v) is 1.50. The molecule has 2 heterocycles. The van der Waals surface area contributed by atoms with Crippen molar-refractivity contribution in [2.75, 3.05) is 0 Å². The Morgan fingerprint density at radius 2 is 1.93 bits per heavy atom. The molecule has 0 atom stereocenters. The van der Waals surface area contributed by atoms with Gasteiger partial charge in [-0.1, -0.05) is 6.07 Å². The third-order valence-corrected chi connectivity index (χ3v) is 2.43. The fraction of sp³-hybridized carbons (Fsp3) is 0.308. The molecule has 0 aliphatic rings. The summed E-state index contributed by atoms with van der Waals surface area (Å²) in [6, 6.07) is 8.08. The standard InChI is InChI=1S/C13H16N2/c1-13(2,3)15-9-7-11(10-15)12-6-4-5-8-14-12/h4-10H,1-3H3. The largest absolute Gasteiger partial charge is 0.348 e. The fourth-order valence-electron chi connectivity index (χ4n) is 1.50. The SMILES string of the molecule is CC(C)(C)n1ccc(-c2ccccn2)c1. The second-order valence-electron chi connectivity index (χ2n) is 4.69. The highest BCUT2D eigenvalue weighted by molar-refractivity contribution is 5.57. The minimum atomic E-state index is 0.132. The van der Waals surface area contributed by atoms with E-state index in [1.807, 2.05) is 24.4 Å². The van der Waals surface area contributed by atoms with Crippen LogP contribution in [0, 0.1) is 0 Å². The zero-order valence-electron chi connectivity index (χ0n) is 9.44. The van der Waals surface area contributed by atoms with Crippen LogP contribution in [0.3, 0.4) is 0 Å². The molecule has 2 heteroatoms. The van der Waals surface area contributed by atoms with Crippen molar-refractivity contribution in [1.29, 1.82) is 0 Å². The monoisotopic (exact) mass is 200 g/mol. The van der Waals surface area contributed by atoms with Gasteiger partial charge < -0.3 is 4.57 Å². The van der Waals surface area contributed by atoms with Crippen molar-refractivity contribution in [2.24, 2.45) is 0 Å². The highest BCUT2D eigenvalue weighted by atomic mass is 15.0. The lowest BCUT2D eigenvalue weighted by atomic mass is 10.1. The number of pyridine rings is 1. The van der Waals surface area contributed by atoms with Crippen LogP contribution in [0.4, 0.5) is 0 Å². The molecule has 0 unspecified atom stereocenters. The normalized spacial score (nSPS) is 11.7. The molecule has 0 N–H and O–H groups in total. The van der Waals surface area contributed by atoms with Crippen LogP contribution in [0.25, 0.3) is 11.3 Å². The van der Waals surface area contributed by atoms with Gasteiger partial charge >= 0.3 is 0 Å². The minimum absolute atomic E-state index is 0.132. The van der Waals surface area contributed by atoms with Crippen LogP contribution < -0.4 is 0 Å². The second-order valence-corrected chi connectivity index (χ2v) is 4.69. The summed E-state index contributed by atoms with van der Waals surface area (Å²) in [7, 11) is 0. The van der Waals surface area contributed by atoms with Crippen molar-refractivity contribution in [1.82, 2.24) is 9.55 Å². The van der Waals surface area contributed by atoms with Gasteiger partial charge in [-0.05, 0) is 39.0 Å². The first-order valence-corrected chi connectivity index (χ1v) is 5.17. The van der Waals surface area contributed by atoms with Crippen molar-refractivity contribution in [2.45, 2.75) is 26.3 Å². The van der Waals surface area contributed by atoms with Gasteiger partial charge in [0.05, 0.1) is 5.69 Å². The van der Waals surface area contributed by atoms with Crippen molar-refractivity contribution >= 4 is 0 Å². The van der Waals surface area contributed by atoms with Gasteiger partial charge in [-0.15, -0.1) is 0 Å². The molecule has 0 amide bonds. The maximum Gasteiger partial charge on any atom is 0.0717 e. The van der Waals surface area contributed by atoms with Gasteiger partial charge in [0.2, 0.25) is 0 Å². The predicted molar refractivity (Wildman–Crippen MR) is 62.7 cm³/mol. The van der Waals surface area contributed by atoms with Crippen LogP contribution in [0.1, 0.15) is 20.8 Å². The average Bonchev–Trinajstić information content (AvgIpc) is 2.67. The molecule has 0 fully saturated rings. The summed E-state index contributed by atoms with van der Waals surface area (Å²) in [6.07, 6.45) is 6.07. The maximum atomic E-state index is 4.33. The lowest BCUT2D eigenvalue weighted by Crippen LogP contribution is -2.19. The number of aromatic nitrogens is 2. The highest BCUT2D eigenvalue weighted by Crippen LogP contribution is 2.21. The Bertz CT molecular complexity index is 435. The molecule has 2 rings (SSSR count). The summed E-state index contributed by atoms with van der Waals surface area (Å²) in [6.45, 7) is 6.57. The molecule has 2 aromatic rings. The molecule has 0 saturated heterocycles. The van der Waals surface area contributed by atoms with E-state index in [0.717, 1.165) is 5.69 Å². The van der Waals surface area contributed by atoms with Crippen molar-refractivity contribution in [3.63, 3.8) is 0 Å². The van der Waals surface area contributed by atoms with E-state index in [1.165, 1.54) is 5.56 Å². The molecule has 2 aromatic heterocycles. The Morgan fingerprint density at radius 3 is 2.47 bits per heavy atom. The minimum Gasteiger partial charge on any atom is -0.348 e. The zero-order chi connectivity index (χ0) is 10.9. The van der Waals surface area contributed by atoms with E-state index >= 15 is 0 Å². The quantitative estimate of drug-likeness (QED) is 0.690. The van der Waals surface area contributed by atoms with E-state index in [0.29, 0.717) is 0 Å². The Kier molecular flexibility index (Phi) is 2.35. The van der Waals surface area contributed by atoms with E-state index in [2.05, 4.69) is 48.8 Å². The van der Waals surface area contributed by atoms with Crippen LogP contribution in [0.2, 0.25) is 0 Å². The van der Waals surface area contributed by atoms with Gasteiger partial charge in [-0.2, -0.15) is 0 Å². The number of nitrogens with zero attached hydrogens (tertiary/aromatic N) is 2. The Labute approximate surface area is 90.6 Å². The number of hydrogen-bond donors (Lipinski definition) is 0. The Balaban J connectivity index is 2.37. The lowest BCUT2D eigenvalue weighted by Gasteiger charge is -2.20. The summed E-state index contributed by atoms with van der Waals surface area (Å²) in [4.78, 5) is 4.33. The van der Waals surface area contributed by atoms with E-state index < -0.39 is 0 Å². The molecular formula is C13H16N2. The molecule has 0 aliphatic heterocycles.